The van der Waals surface area contributed by atoms with Gasteiger partial charge in [0.1, 0.15) is 0 Å². The van der Waals surface area contributed by atoms with E-state index in [-0.39, 0.29) is 28.9 Å². The summed E-state index contributed by atoms with van der Waals surface area (Å²) >= 11 is 4.87. The lowest BCUT2D eigenvalue weighted by atomic mass is 10.3. The van der Waals surface area contributed by atoms with Crippen LogP contribution in [0.25, 0.3) is 0 Å². The first-order chi connectivity index (χ1) is 27.1. The van der Waals surface area contributed by atoms with Crippen LogP contribution in [-0.2, 0) is 74.4 Å². The highest BCUT2D eigenvalue weighted by Gasteiger charge is 2.23. The van der Waals surface area contributed by atoms with Crippen molar-refractivity contribution in [1.29, 1.82) is 0 Å². The molecular weight excluding hydrogens is 808 g/mol. The summed E-state index contributed by atoms with van der Waals surface area (Å²) in [5.74, 6) is 0.689. The molecule has 57 heavy (non-hydrogen) atoms. The number of carbonyl (C=O) groups is 2. The minimum atomic E-state index is -2.87. The molecule has 4 rings (SSSR count). The highest BCUT2D eigenvalue weighted by atomic mass is 35.5. The number of hydrogen-bond donors (Lipinski definition) is 2. The molecule has 23 heteroatoms. The number of carbonyl (C=O) groups excluding carboxylic acids is 2. The summed E-state index contributed by atoms with van der Waals surface area (Å²) in [7, 11) is -5.71. The zero-order valence-corrected chi connectivity index (χ0v) is 35.4. The van der Waals surface area contributed by atoms with E-state index in [0.717, 1.165) is 11.4 Å². The van der Waals surface area contributed by atoms with Crippen molar-refractivity contribution in [3.63, 3.8) is 0 Å². The van der Waals surface area contributed by atoms with Gasteiger partial charge in [-0.2, -0.15) is 0 Å². The molecule has 0 unspecified atom stereocenters. The Morgan fingerprint density at radius 3 is 1.46 bits per heavy atom. The molecule has 2 aliphatic heterocycles. The lowest BCUT2D eigenvalue weighted by molar-refractivity contribution is -0.117. The van der Waals surface area contributed by atoms with Crippen LogP contribution in [0.4, 0.5) is 0 Å². The fourth-order valence-corrected chi connectivity index (χ4v) is 7.30. The number of hydrogen-bond acceptors (Lipinski definition) is 17. The maximum absolute atomic E-state index is 11.4. The monoisotopic (exact) mass is 866 g/mol. The summed E-state index contributed by atoms with van der Waals surface area (Å²) in [4.78, 5) is 25.2. The SMILES string of the molecule is C=C(C)C(=O)Cl.C=C(C)C(=O)NCCOCCOCCn1cc(CN2CCS(=O)(=O)CC2)nn1.NCCOCCOCCn1cc(CN2CCS(=O)(=O)CC2)nn1. The summed E-state index contributed by atoms with van der Waals surface area (Å²) in [5.41, 5.74) is 7.83. The van der Waals surface area contributed by atoms with Gasteiger partial charge in [-0.3, -0.25) is 19.4 Å². The van der Waals surface area contributed by atoms with Crippen LogP contribution in [0.5, 0.6) is 0 Å². The third-order valence-electron chi connectivity index (χ3n) is 8.01. The second-order valence-corrected chi connectivity index (χ2v) is 18.1. The Balaban J connectivity index is 0.000000349. The molecule has 324 valence electrons. The van der Waals surface area contributed by atoms with Gasteiger partial charge >= 0.3 is 0 Å². The second kappa shape index (κ2) is 27.5. The van der Waals surface area contributed by atoms with Crippen molar-refractivity contribution in [2.45, 2.75) is 40.0 Å². The van der Waals surface area contributed by atoms with Crippen molar-refractivity contribution in [3.8, 4) is 0 Å². The smallest absolute Gasteiger partial charge is 0.247 e. The highest BCUT2D eigenvalue weighted by Crippen LogP contribution is 2.09. The van der Waals surface area contributed by atoms with Gasteiger partial charge in [-0.15, -0.1) is 10.2 Å². The molecule has 0 atom stereocenters. The van der Waals surface area contributed by atoms with Gasteiger partial charge in [-0.05, 0) is 25.4 Å². The van der Waals surface area contributed by atoms with Crippen molar-refractivity contribution in [1.82, 2.24) is 45.1 Å². The number of nitrogens with one attached hydrogen (secondary N) is 1. The maximum atomic E-state index is 11.4. The highest BCUT2D eigenvalue weighted by molar-refractivity contribution is 7.91. The zero-order valence-electron chi connectivity index (χ0n) is 33.1. The first kappa shape index (κ1) is 50.0. The van der Waals surface area contributed by atoms with Crippen molar-refractivity contribution in [2.24, 2.45) is 5.73 Å². The number of amides is 1. The molecule has 20 nitrogen and oxygen atoms in total. The Hall–Kier alpha value is -3.19. The Bertz CT molecular complexity index is 1700. The first-order valence-corrected chi connectivity index (χ1v) is 22.5. The van der Waals surface area contributed by atoms with Crippen LogP contribution in [0.2, 0.25) is 0 Å². The molecule has 0 radical (unpaired) electrons. The number of nitrogens with two attached hydrogens (primary N) is 1. The largest absolute Gasteiger partial charge is 0.378 e. The van der Waals surface area contributed by atoms with Crippen LogP contribution in [0, 0.1) is 0 Å². The van der Waals surface area contributed by atoms with Crippen molar-refractivity contribution in [2.75, 3.05) is 115 Å². The van der Waals surface area contributed by atoms with Gasteiger partial charge < -0.3 is 30.0 Å². The van der Waals surface area contributed by atoms with Gasteiger partial charge in [0.2, 0.25) is 11.1 Å². The molecular formula is C34H59ClN10O10S2. The van der Waals surface area contributed by atoms with Crippen LogP contribution < -0.4 is 11.1 Å². The zero-order chi connectivity index (χ0) is 42.1. The van der Waals surface area contributed by atoms with Crippen LogP contribution in [0.1, 0.15) is 25.2 Å². The van der Waals surface area contributed by atoms with E-state index < -0.39 is 24.9 Å². The Kier molecular flexibility index (Phi) is 24.1. The fraction of sp³-hybridized carbons (Fsp3) is 0.706. The molecule has 4 heterocycles. The minimum absolute atomic E-state index is 0.169. The predicted octanol–water partition coefficient (Wildman–Crippen LogP) is -0.938. The second-order valence-electron chi connectivity index (χ2n) is 13.1. The molecule has 2 saturated heterocycles. The lowest BCUT2D eigenvalue weighted by Crippen LogP contribution is -2.39. The average molecular weight is 867 g/mol. The summed E-state index contributed by atoms with van der Waals surface area (Å²) in [5, 5.41) is 18.6. The Morgan fingerprint density at radius 2 is 1.09 bits per heavy atom. The third kappa shape index (κ3) is 23.7. The average Bonchev–Trinajstić information content (AvgIpc) is 3.81. The molecule has 0 spiro atoms. The molecule has 2 aromatic rings. The number of halogens is 1. The van der Waals surface area contributed by atoms with Crippen molar-refractivity contribution in [3.05, 3.63) is 48.1 Å². The minimum Gasteiger partial charge on any atom is -0.378 e. The Morgan fingerprint density at radius 1 is 0.702 bits per heavy atom. The molecule has 2 aromatic heterocycles. The van der Waals surface area contributed by atoms with Gasteiger partial charge in [-0.25, -0.2) is 26.2 Å². The van der Waals surface area contributed by atoms with Crippen LogP contribution >= 0.6 is 11.6 Å². The predicted molar refractivity (Wildman–Crippen MR) is 214 cm³/mol. The fourth-order valence-electron chi connectivity index (χ4n) is 4.75. The van der Waals surface area contributed by atoms with Crippen LogP contribution in [0.3, 0.4) is 0 Å². The lowest BCUT2D eigenvalue weighted by Gasteiger charge is -2.25. The molecule has 1 amide bonds. The molecule has 0 saturated carbocycles. The molecule has 2 aliphatic rings. The normalized spacial score (nSPS) is 16.4. The van der Waals surface area contributed by atoms with Gasteiger partial charge in [0.15, 0.2) is 19.7 Å². The molecule has 2 fully saturated rings. The molecule has 0 bridgehead atoms. The van der Waals surface area contributed by atoms with Gasteiger partial charge in [0, 0.05) is 75.9 Å². The summed E-state index contributed by atoms with van der Waals surface area (Å²) < 4.78 is 70.6. The van der Waals surface area contributed by atoms with Crippen LogP contribution in [0.15, 0.2) is 36.7 Å². The Labute approximate surface area is 340 Å². The first-order valence-electron chi connectivity index (χ1n) is 18.5. The van der Waals surface area contributed by atoms with Crippen molar-refractivity contribution >= 4 is 42.4 Å². The van der Waals surface area contributed by atoms with E-state index in [0.29, 0.717) is 129 Å². The van der Waals surface area contributed by atoms with Gasteiger partial charge in [0.25, 0.3) is 0 Å². The van der Waals surface area contributed by atoms with Gasteiger partial charge in [0.05, 0.1) is 100 Å². The topological polar surface area (TPSA) is 245 Å². The molecule has 0 aliphatic carbocycles. The number of ether oxygens (including phenoxy) is 4. The van der Waals surface area contributed by atoms with E-state index in [9.17, 15) is 26.4 Å². The maximum Gasteiger partial charge on any atom is 0.247 e. The van der Waals surface area contributed by atoms with E-state index in [1.807, 2.05) is 12.4 Å². The number of allylic oxidation sites excluding steroid dienone is 1. The summed E-state index contributed by atoms with van der Waals surface area (Å²) in [6.45, 7) is 19.6. The van der Waals surface area contributed by atoms with Crippen molar-refractivity contribution < 1.29 is 45.4 Å². The number of rotatable bonds is 23. The van der Waals surface area contributed by atoms with Crippen LogP contribution in [-0.4, -0.2) is 183 Å². The molecule has 0 aromatic carbocycles. The standard InChI is InChI=1S/C17H29N5O5S.C13H25N5O4S.C4H5ClO/c1-15(2)17(23)18-3-7-26-9-10-27-8-4-22-14-16(19-20-22)13-21-5-11-28(24,25)12-6-21;14-1-5-21-7-8-22-6-2-18-12-13(15-16-18)11-17-3-9-23(19,20)10-4-17;1-3(2)4(5)6/h14H,1,3-13H2,2H3,(H,18,23);12H,1-11,14H2;1H2,2H3. The van der Waals surface area contributed by atoms with E-state index in [2.05, 4.69) is 48.9 Å². The van der Waals surface area contributed by atoms with E-state index in [1.54, 1.807) is 23.2 Å². The number of sulfone groups is 2. The number of nitrogens with zero attached hydrogens (tertiary/aromatic N) is 8. The summed E-state index contributed by atoms with van der Waals surface area (Å²) in [6, 6.07) is 0. The third-order valence-corrected chi connectivity index (χ3v) is 11.5. The van der Waals surface area contributed by atoms with E-state index in [4.69, 9.17) is 36.3 Å². The van der Waals surface area contributed by atoms with Gasteiger partial charge in [-0.1, -0.05) is 23.6 Å². The molecule has 3 N–H and O–H groups in total. The number of aromatic nitrogens is 6. The summed E-state index contributed by atoms with van der Waals surface area (Å²) in [6.07, 6.45) is 3.73. The van der Waals surface area contributed by atoms with E-state index in [1.165, 1.54) is 0 Å². The quantitative estimate of drug-likeness (QED) is 0.0778. The van der Waals surface area contributed by atoms with E-state index >= 15 is 0 Å².